The summed E-state index contributed by atoms with van der Waals surface area (Å²) in [6.45, 7) is 2.26. The van der Waals surface area contributed by atoms with Gasteiger partial charge in [0.15, 0.2) is 0 Å². The lowest BCUT2D eigenvalue weighted by Crippen LogP contribution is -2.06. The number of benzene rings is 1. The van der Waals surface area contributed by atoms with Gasteiger partial charge in [-0.1, -0.05) is 25.1 Å². The van der Waals surface area contributed by atoms with Gasteiger partial charge in [0.2, 0.25) is 0 Å². The second-order valence-electron chi connectivity index (χ2n) is 4.49. The van der Waals surface area contributed by atoms with Gasteiger partial charge >= 0.3 is 0 Å². The van der Waals surface area contributed by atoms with Gasteiger partial charge in [-0.15, -0.1) is 11.8 Å². The second kappa shape index (κ2) is 5.04. The number of thioether (sulfide) groups is 1. The Labute approximate surface area is 95.9 Å². The average Bonchev–Trinajstić information content (AvgIpc) is 2.56. The van der Waals surface area contributed by atoms with Gasteiger partial charge in [-0.3, -0.25) is 0 Å². The molecule has 2 rings (SSSR count). The van der Waals surface area contributed by atoms with Crippen LogP contribution < -0.4 is 0 Å². The molecule has 0 aromatic heterocycles. The highest BCUT2D eigenvalue weighted by Gasteiger charge is 2.29. The molecule has 1 aromatic rings. The van der Waals surface area contributed by atoms with Crippen molar-refractivity contribution in [2.45, 2.75) is 30.8 Å². The van der Waals surface area contributed by atoms with Crippen molar-refractivity contribution in [3.8, 4) is 0 Å². The van der Waals surface area contributed by atoms with Crippen molar-refractivity contribution in [2.75, 3.05) is 5.75 Å². The highest BCUT2D eigenvalue weighted by Crippen LogP contribution is 2.35. The summed E-state index contributed by atoms with van der Waals surface area (Å²) >= 11 is 1.91. The third-order valence-corrected chi connectivity index (χ3v) is 4.43. The van der Waals surface area contributed by atoms with Crippen LogP contribution >= 0.6 is 11.8 Å². The van der Waals surface area contributed by atoms with Crippen molar-refractivity contribution in [1.82, 2.24) is 0 Å². The van der Waals surface area contributed by atoms with Crippen molar-refractivity contribution in [3.05, 3.63) is 30.3 Å². The van der Waals surface area contributed by atoms with Crippen LogP contribution in [0.15, 0.2) is 35.2 Å². The van der Waals surface area contributed by atoms with Gasteiger partial charge in [0.1, 0.15) is 0 Å². The lowest BCUT2D eigenvalue weighted by Gasteiger charge is -2.13. The zero-order valence-electron chi connectivity index (χ0n) is 9.10. The van der Waals surface area contributed by atoms with Crippen molar-refractivity contribution in [1.29, 1.82) is 0 Å². The number of rotatable bonds is 3. The summed E-state index contributed by atoms with van der Waals surface area (Å²) in [5.74, 6) is 2.50. The van der Waals surface area contributed by atoms with E-state index in [9.17, 15) is 5.11 Å². The molecule has 1 N–H and O–H groups in total. The largest absolute Gasteiger partial charge is 0.393 e. The van der Waals surface area contributed by atoms with Gasteiger partial charge in [0.05, 0.1) is 6.10 Å². The molecule has 2 heteroatoms. The number of hydrogen-bond acceptors (Lipinski definition) is 2. The standard InChI is InChI=1S/C13H18OS/c1-10-7-12(14)8-11(10)9-15-13-5-3-2-4-6-13/h2-6,10-12,14H,7-9H2,1H3. The van der Waals surface area contributed by atoms with Crippen LogP contribution in [0.4, 0.5) is 0 Å². The van der Waals surface area contributed by atoms with E-state index < -0.39 is 0 Å². The SMILES string of the molecule is CC1CC(O)CC1CSc1ccccc1. The van der Waals surface area contributed by atoms with Crippen molar-refractivity contribution < 1.29 is 5.11 Å². The van der Waals surface area contributed by atoms with Crippen LogP contribution in [-0.2, 0) is 0 Å². The van der Waals surface area contributed by atoms with Crippen LogP contribution in [0.5, 0.6) is 0 Å². The molecule has 0 saturated heterocycles. The van der Waals surface area contributed by atoms with Gasteiger partial charge in [0.25, 0.3) is 0 Å². The maximum atomic E-state index is 9.56. The van der Waals surface area contributed by atoms with Crippen LogP contribution in [0.2, 0.25) is 0 Å². The molecule has 0 aliphatic heterocycles. The molecule has 1 saturated carbocycles. The van der Waals surface area contributed by atoms with E-state index in [1.54, 1.807) is 0 Å². The molecular formula is C13H18OS. The van der Waals surface area contributed by atoms with Crippen molar-refractivity contribution >= 4 is 11.8 Å². The van der Waals surface area contributed by atoms with E-state index in [-0.39, 0.29) is 6.10 Å². The first kappa shape index (κ1) is 11.0. The third kappa shape index (κ3) is 2.99. The van der Waals surface area contributed by atoms with Crippen LogP contribution in [0.3, 0.4) is 0 Å². The Morgan fingerprint density at radius 2 is 2.00 bits per heavy atom. The first-order valence-corrected chi connectivity index (χ1v) is 6.60. The number of hydrogen-bond donors (Lipinski definition) is 1. The summed E-state index contributed by atoms with van der Waals surface area (Å²) in [6, 6.07) is 10.5. The highest BCUT2D eigenvalue weighted by molar-refractivity contribution is 7.99. The van der Waals surface area contributed by atoms with Crippen LogP contribution in [0.1, 0.15) is 19.8 Å². The highest BCUT2D eigenvalue weighted by atomic mass is 32.2. The molecule has 0 spiro atoms. The maximum absolute atomic E-state index is 9.56. The molecule has 82 valence electrons. The fourth-order valence-electron chi connectivity index (χ4n) is 2.25. The molecule has 0 radical (unpaired) electrons. The van der Waals surface area contributed by atoms with E-state index in [1.807, 2.05) is 17.8 Å². The Morgan fingerprint density at radius 3 is 2.60 bits per heavy atom. The summed E-state index contributed by atoms with van der Waals surface area (Å²) in [5.41, 5.74) is 0. The Hall–Kier alpha value is -0.470. The maximum Gasteiger partial charge on any atom is 0.0546 e. The van der Waals surface area contributed by atoms with Gasteiger partial charge in [-0.2, -0.15) is 0 Å². The van der Waals surface area contributed by atoms with E-state index in [1.165, 1.54) is 4.90 Å². The topological polar surface area (TPSA) is 20.2 Å². The predicted octanol–water partition coefficient (Wildman–Crippen LogP) is 3.19. The fourth-order valence-corrected chi connectivity index (χ4v) is 3.47. The first-order valence-electron chi connectivity index (χ1n) is 5.61. The molecule has 1 aliphatic carbocycles. The van der Waals surface area contributed by atoms with E-state index >= 15 is 0 Å². The summed E-state index contributed by atoms with van der Waals surface area (Å²) in [6.07, 6.45) is 1.92. The zero-order chi connectivity index (χ0) is 10.7. The average molecular weight is 222 g/mol. The molecule has 15 heavy (non-hydrogen) atoms. The van der Waals surface area contributed by atoms with Crippen LogP contribution in [-0.4, -0.2) is 17.0 Å². The van der Waals surface area contributed by atoms with E-state index in [0.717, 1.165) is 18.6 Å². The Balaban J connectivity index is 1.84. The van der Waals surface area contributed by atoms with Gasteiger partial charge in [-0.05, 0) is 36.8 Å². The molecule has 1 aliphatic rings. The minimum absolute atomic E-state index is 0.0543. The molecule has 0 bridgehead atoms. The van der Waals surface area contributed by atoms with Gasteiger partial charge in [-0.25, -0.2) is 0 Å². The molecule has 3 unspecified atom stereocenters. The van der Waals surface area contributed by atoms with E-state index in [4.69, 9.17) is 0 Å². The normalized spacial score (nSPS) is 30.7. The van der Waals surface area contributed by atoms with E-state index in [0.29, 0.717) is 11.8 Å². The molecule has 1 aromatic carbocycles. The summed E-state index contributed by atoms with van der Waals surface area (Å²) in [5, 5.41) is 9.56. The molecule has 1 fully saturated rings. The molecule has 3 atom stereocenters. The first-order chi connectivity index (χ1) is 7.25. The minimum Gasteiger partial charge on any atom is -0.393 e. The summed E-state index contributed by atoms with van der Waals surface area (Å²) in [7, 11) is 0. The van der Waals surface area contributed by atoms with Crippen LogP contribution in [0, 0.1) is 11.8 Å². The fraction of sp³-hybridized carbons (Fsp3) is 0.538. The summed E-state index contributed by atoms with van der Waals surface area (Å²) < 4.78 is 0. The Kier molecular flexibility index (Phi) is 3.71. The Bertz CT molecular complexity index is 299. The monoisotopic (exact) mass is 222 g/mol. The quantitative estimate of drug-likeness (QED) is 0.793. The van der Waals surface area contributed by atoms with Crippen LogP contribution in [0.25, 0.3) is 0 Å². The summed E-state index contributed by atoms with van der Waals surface area (Å²) in [4.78, 5) is 1.34. The molecule has 0 amide bonds. The van der Waals surface area contributed by atoms with Crippen molar-refractivity contribution in [3.63, 3.8) is 0 Å². The number of aliphatic hydroxyl groups excluding tert-OH is 1. The zero-order valence-corrected chi connectivity index (χ0v) is 9.91. The lowest BCUT2D eigenvalue weighted by atomic mass is 10.0. The minimum atomic E-state index is -0.0543. The number of aliphatic hydroxyl groups is 1. The predicted molar refractivity (Wildman–Crippen MR) is 65.1 cm³/mol. The van der Waals surface area contributed by atoms with Gasteiger partial charge in [0, 0.05) is 10.6 Å². The molecular weight excluding hydrogens is 204 g/mol. The third-order valence-electron chi connectivity index (χ3n) is 3.23. The van der Waals surface area contributed by atoms with Crippen molar-refractivity contribution in [2.24, 2.45) is 11.8 Å². The van der Waals surface area contributed by atoms with Gasteiger partial charge < -0.3 is 5.11 Å². The smallest absolute Gasteiger partial charge is 0.0546 e. The Morgan fingerprint density at radius 1 is 1.27 bits per heavy atom. The lowest BCUT2D eigenvalue weighted by molar-refractivity contribution is 0.176. The molecule has 0 heterocycles. The molecule has 1 nitrogen and oxygen atoms in total. The second-order valence-corrected chi connectivity index (χ2v) is 5.58. The van der Waals surface area contributed by atoms with E-state index in [2.05, 4.69) is 31.2 Å².